The predicted octanol–water partition coefficient (Wildman–Crippen LogP) is 5.18. The van der Waals surface area contributed by atoms with Crippen LogP contribution in [0.15, 0.2) is 67.0 Å². The van der Waals surface area contributed by atoms with Crippen LogP contribution in [-0.4, -0.2) is 15.3 Å². The van der Waals surface area contributed by atoms with Crippen LogP contribution in [0.5, 0.6) is 0 Å². The molecule has 134 valence electrons. The summed E-state index contributed by atoms with van der Waals surface area (Å²) in [6, 6.07) is 17.8. The SMILES string of the molecule is Cc1ccc(C)c(C(=O)Nc2ccc(-c3cn4ccc(C)cc4n3)cc2)c1. The number of benzene rings is 2. The van der Waals surface area contributed by atoms with Gasteiger partial charge in [-0.15, -0.1) is 0 Å². The Labute approximate surface area is 158 Å². The van der Waals surface area contributed by atoms with Gasteiger partial charge in [0.05, 0.1) is 5.69 Å². The van der Waals surface area contributed by atoms with Crippen LogP contribution in [0.1, 0.15) is 27.0 Å². The minimum Gasteiger partial charge on any atom is -0.322 e. The first kappa shape index (κ1) is 17.0. The number of amides is 1. The van der Waals surface area contributed by atoms with Crippen molar-refractivity contribution in [1.82, 2.24) is 9.38 Å². The van der Waals surface area contributed by atoms with Crippen molar-refractivity contribution in [2.75, 3.05) is 5.32 Å². The summed E-state index contributed by atoms with van der Waals surface area (Å²) in [6.07, 6.45) is 4.03. The predicted molar refractivity (Wildman–Crippen MR) is 109 cm³/mol. The molecule has 0 saturated heterocycles. The molecule has 0 unspecified atom stereocenters. The van der Waals surface area contributed by atoms with E-state index in [2.05, 4.69) is 29.4 Å². The van der Waals surface area contributed by atoms with Crippen molar-refractivity contribution >= 4 is 17.2 Å². The zero-order chi connectivity index (χ0) is 19.0. The number of fused-ring (bicyclic) bond motifs is 1. The topological polar surface area (TPSA) is 46.4 Å². The third-order valence-electron chi connectivity index (χ3n) is 4.69. The van der Waals surface area contributed by atoms with Crippen LogP contribution in [0.3, 0.4) is 0 Å². The second kappa shape index (κ2) is 6.72. The Morgan fingerprint density at radius 1 is 0.926 bits per heavy atom. The van der Waals surface area contributed by atoms with Crippen molar-refractivity contribution in [3.63, 3.8) is 0 Å². The number of nitrogens with one attached hydrogen (secondary N) is 1. The highest BCUT2D eigenvalue weighted by Gasteiger charge is 2.10. The molecule has 27 heavy (non-hydrogen) atoms. The number of carbonyl (C=O) groups is 1. The fraction of sp³-hybridized carbons (Fsp3) is 0.130. The van der Waals surface area contributed by atoms with Crippen LogP contribution < -0.4 is 5.32 Å². The van der Waals surface area contributed by atoms with E-state index in [9.17, 15) is 4.79 Å². The van der Waals surface area contributed by atoms with Gasteiger partial charge in [-0.05, 0) is 62.2 Å². The van der Waals surface area contributed by atoms with E-state index in [4.69, 9.17) is 0 Å². The second-order valence-corrected chi connectivity index (χ2v) is 6.95. The summed E-state index contributed by atoms with van der Waals surface area (Å²) < 4.78 is 2.01. The molecule has 0 spiro atoms. The molecule has 0 atom stereocenters. The molecule has 0 bridgehead atoms. The van der Waals surface area contributed by atoms with E-state index in [1.165, 1.54) is 5.56 Å². The summed E-state index contributed by atoms with van der Waals surface area (Å²) in [7, 11) is 0. The van der Waals surface area contributed by atoms with Crippen molar-refractivity contribution < 1.29 is 4.79 Å². The Balaban J connectivity index is 1.56. The van der Waals surface area contributed by atoms with E-state index in [1.807, 2.05) is 73.1 Å². The zero-order valence-electron chi connectivity index (χ0n) is 15.7. The van der Waals surface area contributed by atoms with E-state index in [-0.39, 0.29) is 5.91 Å². The summed E-state index contributed by atoms with van der Waals surface area (Å²) in [5, 5.41) is 2.97. The van der Waals surface area contributed by atoms with Crippen LogP contribution in [0.2, 0.25) is 0 Å². The fourth-order valence-electron chi connectivity index (χ4n) is 3.13. The lowest BCUT2D eigenvalue weighted by Gasteiger charge is -2.09. The molecule has 4 aromatic rings. The molecule has 2 aromatic heterocycles. The van der Waals surface area contributed by atoms with Crippen molar-refractivity contribution in [2.45, 2.75) is 20.8 Å². The maximum atomic E-state index is 12.6. The molecule has 2 heterocycles. The van der Waals surface area contributed by atoms with Crippen LogP contribution >= 0.6 is 0 Å². The first-order valence-electron chi connectivity index (χ1n) is 8.94. The van der Waals surface area contributed by atoms with Gasteiger partial charge in [0.1, 0.15) is 5.65 Å². The van der Waals surface area contributed by atoms with Gasteiger partial charge >= 0.3 is 0 Å². The Morgan fingerprint density at radius 3 is 2.44 bits per heavy atom. The van der Waals surface area contributed by atoms with Crippen molar-refractivity contribution in [2.24, 2.45) is 0 Å². The van der Waals surface area contributed by atoms with Crippen LogP contribution in [0.4, 0.5) is 5.69 Å². The quantitative estimate of drug-likeness (QED) is 0.550. The molecule has 0 aliphatic carbocycles. The highest BCUT2D eigenvalue weighted by Crippen LogP contribution is 2.22. The third-order valence-corrected chi connectivity index (χ3v) is 4.69. The highest BCUT2D eigenvalue weighted by atomic mass is 16.1. The zero-order valence-corrected chi connectivity index (χ0v) is 15.7. The molecule has 0 fully saturated rings. The van der Waals surface area contributed by atoms with Gasteiger partial charge in [-0.2, -0.15) is 0 Å². The molecule has 4 heteroatoms. The minimum atomic E-state index is -0.0906. The first-order valence-corrected chi connectivity index (χ1v) is 8.94. The summed E-state index contributed by atoms with van der Waals surface area (Å²) in [5.41, 5.74) is 7.55. The summed E-state index contributed by atoms with van der Waals surface area (Å²) >= 11 is 0. The maximum Gasteiger partial charge on any atom is 0.255 e. The molecule has 4 rings (SSSR count). The lowest BCUT2D eigenvalue weighted by atomic mass is 10.0. The number of aryl methyl sites for hydroxylation is 3. The van der Waals surface area contributed by atoms with E-state index >= 15 is 0 Å². The van der Waals surface area contributed by atoms with Crippen molar-refractivity contribution in [3.8, 4) is 11.3 Å². The lowest BCUT2D eigenvalue weighted by Crippen LogP contribution is -2.13. The standard InChI is InChI=1S/C23H21N3O/c1-15-4-5-17(3)20(12-15)23(27)24-19-8-6-18(7-9-19)21-14-26-11-10-16(2)13-22(26)25-21/h4-14H,1-3H3,(H,24,27). The Bertz CT molecular complexity index is 1140. The van der Waals surface area contributed by atoms with Gasteiger partial charge in [0.25, 0.3) is 5.91 Å². The van der Waals surface area contributed by atoms with Gasteiger partial charge in [0, 0.05) is 29.2 Å². The molecular weight excluding hydrogens is 334 g/mol. The number of imidazole rings is 1. The lowest BCUT2D eigenvalue weighted by molar-refractivity contribution is 0.102. The summed E-state index contributed by atoms with van der Waals surface area (Å²) in [6.45, 7) is 5.99. The van der Waals surface area contributed by atoms with E-state index in [1.54, 1.807) is 0 Å². The number of carbonyl (C=O) groups excluding carboxylic acids is 1. The molecule has 0 saturated carbocycles. The Hall–Kier alpha value is -3.40. The number of nitrogens with zero attached hydrogens (tertiary/aromatic N) is 2. The maximum absolute atomic E-state index is 12.6. The van der Waals surface area contributed by atoms with Crippen LogP contribution in [0, 0.1) is 20.8 Å². The number of hydrogen-bond donors (Lipinski definition) is 1. The van der Waals surface area contributed by atoms with Gasteiger partial charge in [-0.3, -0.25) is 4.79 Å². The van der Waals surface area contributed by atoms with Gasteiger partial charge in [-0.1, -0.05) is 29.8 Å². The summed E-state index contributed by atoms with van der Waals surface area (Å²) in [4.78, 5) is 17.2. The van der Waals surface area contributed by atoms with Gasteiger partial charge in [-0.25, -0.2) is 4.98 Å². The second-order valence-electron chi connectivity index (χ2n) is 6.95. The molecule has 1 N–H and O–H groups in total. The molecule has 0 aliphatic rings. The van der Waals surface area contributed by atoms with Crippen LogP contribution in [0.25, 0.3) is 16.9 Å². The summed E-state index contributed by atoms with van der Waals surface area (Å²) in [5.74, 6) is -0.0906. The molecule has 2 aromatic carbocycles. The Morgan fingerprint density at radius 2 is 1.67 bits per heavy atom. The normalized spacial score (nSPS) is 10.9. The van der Waals surface area contributed by atoms with Crippen molar-refractivity contribution in [3.05, 3.63) is 89.2 Å². The molecule has 1 amide bonds. The number of pyridine rings is 1. The van der Waals surface area contributed by atoms with Gasteiger partial charge < -0.3 is 9.72 Å². The van der Waals surface area contributed by atoms with E-state index in [0.717, 1.165) is 33.7 Å². The van der Waals surface area contributed by atoms with E-state index < -0.39 is 0 Å². The number of anilines is 1. The van der Waals surface area contributed by atoms with E-state index in [0.29, 0.717) is 5.56 Å². The number of aromatic nitrogens is 2. The minimum absolute atomic E-state index is 0.0906. The third kappa shape index (κ3) is 3.47. The number of hydrogen-bond acceptors (Lipinski definition) is 2. The Kier molecular flexibility index (Phi) is 4.24. The smallest absolute Gasteiger partial charge is 0.255 e. The first-order chi connectivity index (χ1) is 13.0. The molecular formula is C23H21N3O. The molecule has 0 radical (unpaired) electrons. The monoisotopic (exact) mass is 355 g/mol. The molecule has 4 nitrogen and oxygen atoms in total. The highest BCUT2D eigenvalue weighted by molar-refractivity contribution is 6.05. The largest absolute Gasteiger partial charge is 0.322 e. The average Bonchev–Trinajstić information content (AvgIpc) is 3.07. The molecule has 0 aliphatic heterocycles. The van der Waals surface area contributed by atoms with Gasteiger partial charge in [0.15, 0.2) is 0 Å². The number of rotatable bonds is 3. The van der Waals surface area contributed by atoms with Crippen molar-refractivity contribution in [1.29, 1.82) is 0 Å². The fourth-order valence-corrected chi connectivity index (χ4v) is 3.13. The van der Waals surface area contributed by atoms with Gasteiger partial charge in [0.2, 0.25) is 0 Å². The average molecular weight is 355 g/mol. The van der Waals surface area contributed by atoms with Crippen LogP contribution in [-0.2, 0) is 0 Å².